The Hall–Kier alpha value is -2.25. The summed E-state index contributed by atoms with van der Waals surface area (Å²) < 4.78 is 16.0. The maximum Gasteiger partial charge on any atom is 0.123 e. The van der Waals surface area contributed by atoms with Gasteiger partial charge in [-0.2, -0.15) is 0 Å². The fourth-order valence-corrected chi connectivity index (χ4v) is 6.61. The van der Waals surface area contributed by atoms with Crippen LogP contribution < -0.4 is 5.32 Å². The van der Waals surface area contributed by atoms with Gasteiger partial charge in [-0.25, -0.2) is 8.32 Å². The highest BCUT2D eigenvalue weighted by Crippen LogP contribution is 2.43. The molecule has 0 saturated carbocycles. The van der Waals surface area contributed by atoms with Crippen LogP contribution in [0.5, 0.6) is 5.75 Å². The standard InChI is InChI=1S/C32H39BrFN3O/c1-22-21-37(23(2)20-35-22)31(28-9-4-5-10-29(28)32(3)13-15-36(33)16-14-32)26-12-11-25(30(38)19-26)17-24-7-6-8-27(34)18-24/h4-12,18-19,22-23,31,35,38H,13-17,20-21H2,1-3H3/t22-,23+,31-/m1/s1. The van der Waals surface area contributed by atoms with E-state index < -0.39 is 0 Å². The van der Waals surface area contributed by atoms with E-state index in [1.807, 2.05) is 18.2 Å². The summed E-state index contributed by atoms with van der Waals surface area (Å²) in [5.74, 6) is 0.0141. The van der Waals surface area contributed by atoms with Crippen molar-refractivity contribution in [3.63, 3.8) is 0 Å². The van der Waals surface area contributed by atoms with Gasteiger partial charge >= 0.3 is 0 Å². The van der Waals surface area contributed by atoms with Crippen LogP contribution in [0, 0.1) is 5.82 Å². The van der Waals surface area contributed by atoms with Crippen molar-refractivity contribution in [2.45, 2.75) is 63.6 Å². The molecule has 202 valence electrons. The first kappa shape index (κ1) is 27.3. The molecule has 2 aliphatic heterocycles. The van der Waals surface area contributed by atoms with Gasteiger partial charge in [0.15, 0.2) is 0 Å². The summed E-state index contributed by atoms with van der Waals surface area (Å²) in [7, 11) is 0. The number of phenols is 1. The predicted molar refractivity (Wildman–Crippen MR) is 156 cm³/mol. The number of hydrogen-bond donors (Lipinski definition) is 2. The van der Waals surface area contributed by atoms with E-state index in [4.69, 9.17) is 0 Å². The van der Waals surface area contributed by atoms with Crippen molar-refractivity contribution >= 4 is 16.1 Å². The lowest BCUT2D eigenvalue weighted by Crippen LogP contribution is -2.55. The Bertz CT molecular complexity index is 1260. The van der Waals surface area contributed by atoms with Crippen LogP contribution in [-0.4, -0.2) is 52.2 Å². The van der Waals surface area contributed by atoms with Gasteiger partial charge in [-0.05, 0) is 78.1 Å². The predicted octanol–water partition coefficient (Wildman–Crippen LogP) is 6.56. The summed E-state index contributed by atoms with van der Waals surface area (Å²) >= 11 is 3.69. The molecule has 2 saturated heterocycles. The fourth-order valence-electron chi connectivity index (χ4n) is 6.25. The zero-order valence-corrected chi connectivity index (χ0v) is 24.2. The fraction of sp³-hybridized carbons (Fsp3) is 0.438. The first-order chi connectivity index (χ1) is 18.2. The molecule has 0 aliphatic carbocycles. The summed E-state index contributed by atoms with van der Waals surface area (Å²) in [5, 5.41) is 14.8. The Balaban J connectivity index is 1.56. The average Bonchev–Trinajstić information content (AvgIpc) is 2.90. The number of piperidine rings is 1. The molecule has 0 radical (unpaired) electrons. The molecule has 2 fully saturated rings. The summed E-state index contributed by atoms with van der Waals surface area (Å²) in [6.07, 6.45) is 2.67. The third-order valence-electron chi connectivity index (χ3n) is 8.57. The second-order valence-corrected chi connectivity index (χ2v) is 12.5. The number of piperazine rings is 1. The van der Waals surface area contributed by atoms with E-state index in [-0.39, 0.29) is 23.0 Å². The van der Waals surface area contributed by atoms with E-state index in [0.29, 0.717) is 18.5 Å². The second-order valence-electron chi connectivity index (χ2n) is 11.5. The number of phenolic OH excluding ortho intramolecular Hbond substituents is 1. The van der Waals surface area contributed by atoms with Crippen molar-refractivity contribution in [3.8, 4) is 5.75 Å². The zero-order valence-electron chi connectivity index (χ0n) is 22.6. The molecule has 0 bridgehead atoms. The number of halogens is 2. The van der Waals surface area contributed by atoms with E-state index in [1.165, 1.54) is 23.3 Å². The Labute approximate surface area is 235 Å². The van der Waals surface area contributed by atoms with Crippen LogP contribution in [0.2, 0.25) is 0 Å². The molecular weight excluding hydrogens is 541 g/mol. The maximum atomic E-state index is 13.8. The van der Waals surface area contributed by atoms with Crippen molar-refractivity contribution < 1.29 is 9.50 Å². The van der Waals surface area contributed by atoms with Crippen molar-refractivity contribution in [2.24, 2.45) is 0 Å². The van der Waals surface area contributed by atoms with E-state index in [0.717, 1.165) is 55.7 Å². The third kappa shape index (κ3) is 5.84. The monoisotopic (exact) mass is 579 g/mol. The molecule has 2 N–H and O–H groups in total. The lowest BCUT2D eigenvalue weighted by Gasteiger charge is -2.45. The molecule has 2 heterocycles. The number of aromatic hydroxyl groups is 1. The van der Waals surface area contributed by atoms with Gasteiger partial charge in [0.25, 0.3) is 0 Å². The van der Waals surface area contributed by atoms with Gasteiger partial charge < -0.3 is 10.4 Å². The molecule has 3 atom stereocenters. The van der Waals surface area contributed by atoms with Crippen LogP contribution in [0.3, 0.4) is 0 Å². The molecule has 0 amide bonds. The van der Waals surface area contributed by atoms with Gasteiger partial charge in [0.1, 0.15) is 11.6 Å². The first-order valence-corrected chi connectivity index (χ1v) is 14.5. The van der Waals surface area contributed by atoms with Crippen LogP contribution in [0.15, 0.2) is 66.7 Å². The van der Waals surface area contributed by atoms with Crippen LogP contribution in [0.4, 0.5) is 4.39 Å². The van der Waals surface area contributed by atoms with Gasteiger partial charge in [-0.15, -0.1) is 0 Å². The molecule has 4 nitrogen and oxygen atoms in total. The highest BCUT2D eigenvalue weighted by Gasteiger charge is 2.38. The minimum Gasteiger partial charge on any atom is -0.508 e. The maximum absolute atomic E-state index is 13.8. The number of benzene rings is 3. The third-order valence-corrected chi connectivity index (χ3v) is 9.28. The van der Waals surface area contributed by atoms with E-state index in [2.05, 4.69) is 81.4 Å². The molecule has 5 rings (SSSR count). The average molecular weight is 581 g/mol. The molecule has 38 heavy (non-hydrogen) atoms. The molecule has 2 aliphatic rings. The smallest absolute Gasteiger partial charge is 0.123 e. The Morgan fingerprint density at radius 1 is 1.05 bits per heavy atom. The quantitative estimate of drug-likeness (QED) is 0.324. The molecule has 0 aromatic heterocycles. The highest BCUT2D eigenvalue weighted by molar-refractivity contribution is 9.07. The second kappa shape index (κ2) is 11.5. The lowest BCUT2D eigenvalue weighted by atomic mass is 9.71. The summed E-state index contributed by atoms with van der Waals surface area (Å²) in [5.41, 5.74) is 5.58. The van der Waals surface area contributed by atoms with Gasteiger partial charge in [0.2, 0.25) is 0 Å². The molecule has 3 aromatic rings. The van der Waals surface area contributed by atoms with Crippen LogP contribution in [-0.2, 0) is 11.8 Å². The summed E-state index contributed by atoms with van der Waals surface area (Å²) in [6, 6.07) is 22.4. The van der Waals surface area contributed by atoms with E-state index in [1.54, 1.807) is 6.07 Å². The highest BCUT2D eigenvalue weighted by atomic mass is 79.9. The molecule has 3 aromatic carbocycles. The van der Waals surface area contributed by atoms with Crippen LogP contribution in [0.1, 0.15) is 67.5 Å². The zero-order chi connectivity index (χ0) is 26.9. The van der Waals surface area contributed by atoms with Crippen molar-refractivity contribution in [1.82, 2.24) is 14.1 Å². The number of hydrogen-bond acceptors (Lipinski definition) is 4. The van der Waals surface area contributed by atoms with Crippen molar-refractivity contribution in [1.29, 1.82) is 0 Å². The van der Waals surface area contributed by atoms with Gasteiger partial charge in [-0.3, -0.25) is 4.90 Å². The minimum atomic E-state index is -0.253. The lowest BCUT2D eigenvalue weighted by molar-refractivity contribution is 0.111. The van der Waals surface area contributed by atoms with Crippen molar-refractivity contribution in [2.75, 3.05) is 26.2 Å². The molecule has 0 unspecified atom stereocenters. The van der Waals surface area contributed by atoms with Crippen LogP contribution in [0.25, 0.3) is 0 Å². The SMILES string of the molecule is C[C@@H]1CN([C@H](c2ccc(Cc3cccc(F)c3)c(O)c2)c2ccccc2C2(C)CCN(Br)CC2)[C@@H](C)CN1. The number of nitrogens with zero attached hydrogens (tertiary/aromatic N) is 2. The Morgan fingerprint density at radius 3 is 2.55 bits per heavy atom. The normalized spacial score (nSPS) is 23.3. The van der Waals surface area contributed by atoms with Gasteiger partial charge in [-0.1, -0.05) is 55.5 Å². The molecule has 0 spiro atoms. The number of nitrogens with one attached hydrogen (secondary N) is 1. The van der Waals surface area contributed by atoms with Gasteiger partial charge in [0.05, 0.1) is 6.04 Å². The summed E-state index contributed by atoms with van der Waals surface area (Å²) in [6.45, 7) is 10.8. The molecule has 6 heteroatoms. The first-order valence-electron chi connectivity index (χ1n) is 13.8. The minimum absolute atomic E-state index is 0.0266. The summed E-state index contributed by atoms with van der Waals surface area (Å²) in [4.78, 5) is 2.60. The van der Waals surface area contributed by atoms with Crippen molar-refractivity contribution in [3.05, 3.63) is 100 Å². The molecular formula is C32H39BrFN3O. The Morgan fingerprint density at radius 2 is 1.82 bits per heavy atom. The topological polar surface area (TPSA) is 38.7 Å². The largest absolute Gasteiger partial charge is 0.508 e. The Kier molecular flexibility index (Phi) is 8.25. The van der Waals surface area contributed by atoms with Crippen LogP contribution >= 0.6 is 16.1 Å². The van der Waals surface area contributed by atoms with Gasteiger partial charge in [0, 0.05) is 60.8 Å². The van der Waals surface area contributed by atoms with E-state index in [9.17, 15) is 9.50 Å². The number of rotatable bonds is 6. The van der Waals surface area contributed by atoms with E-state index >= 15 is 0 Å².